The largest absolute Gasteiger partial charge is 0.497 e. The summed E-state index contributed by atoms with van der Waals surface area (Å²) >= 11 is 1.41. The second-order valence-corrected chi connectivity index (χ2v) is 8.23. The maximum atomic E-state index is 13.3. The van der Waals surface area contributed by atoms with Crippen molar-refractivity contribution in [2.24, 2.45) is 0 Å². The fourth-order valence-electron chi connectivity index (χ4n) is 3.46. The van der Waals surface area contributed by atoms with Crippen LogP contribution in [-0.4, -0.2) is 40.3 Å². The maximum Gasteiger partial charge on any atom is 0.240 e. The Morgan fingerprint density at radius 1 is 1.13 bits per heavy atom. The van der Waals surface area contributed by atoms with Gasteiger partial charge >= 0.3 is 0 Å². The molecule has 1 amide bonds. The van der Waals surface area contributed by atoms with E-state index in [0.717, 1.165) is 30.0 Å². The van der Waals surface area contributed by atoms with Crippen LogP contribution < -0.4 is 20.2 Å². The van der Waals surface area contributed by atoms with Gasteiger partial charge in [0.1, 0.15) is 16.7 Å². The summed E-state index contributed by atoms with van der Waals surface area (Å²) in [6.45, 7) is 2.10. The Morgan fingerprint density at radius 2 is 1.90 bits per heavy atom. The average molecular weight is 440 g/mol. The fourth-order valence-corrected chi connectivity index (χ4v) is 4.56. The minimum Gasteiger partial charge on any atom is -0.497 e. The van der Waals surface area contributed by atoms with Crippen LogP contribution in [0.1, 0.15) is 30.8 Å². The lowest BCUT2D eigenvalue weighted by Gasteiger charge is -2.33. The Hall–Kier alpha value is -3.20. The van der Waals surface area contributed by atoms with Crippen molar-refractivity contribution in [1.82, 2.24) is 14.9 Å². The number of aromatic nitrogens is 3. The zero-order valence-electron chi connectivity index (χ0n) is 17.7. The molecule has 0 radical (unpaired) electrons. The third-order valence-corrected chi connectivity index (χ3v) is 6.26. The zero-order valence-corrected chi connectivity index (χ0v) is 18.5. The van der Waals surface area contributed by atoms with E-state index in [-0.39, 0.29) is 11.9 Å². The van der Waals surface area contributed by atoms with Gasteiger partial charge in [-0.05, 0) is 36.2 Å². The SMILES string of the molecule is CCCc1nnc2n1N[C@@H](c1ccc(OC)cc1)[C@@H](C(=O)Nc1cccc(OC)c1)S2. The molecule has 1 aromatic heterocycles. The molecule has 2 atom stereocenters. The molecule has 8 nitrogen and oxygen atoms in total. The molecule has 4 rings (SSSR count). The number of hydrogen-bond acceptors (Lipinski definition) is 7. The van der Waals surface area contributed by atoms with Crippen LogP contribution in [0, 0.1) is 0 Å². The van der Waals surface area contributed by atoms with Crippen LogP contribution in [0.2, 0.25) is 0 Å². The normalized spacial score (nSPS) is 17.4. The van der Waals surface area contributed by atoms with Gasteiger partial charge in [0.2, 0.25) is 11.1 Å². The van der Waals surface area contributed by atoms with Crippen LogP contribution in [0.3, 0.4) is 0 Å². The third kappa shape index (κ3) is 4.46. The number of aryl methyl sites for hydroxylation is 1. The minimum absolute atomic E-state index is 0.127. The number of carbonyl (C=O) groups excluding carboxylic acids is 1. The molecule has 0 saturated carbocycles. The van der Waals surface area contributed by atoms with Gasteiger partial charge in [-0.25, -0.2) is 4.68 Å². The molecule has 1 aliphatic heterocycles. The number of carbonyl (C=O) groups is 1. The summed E-state index contributed by atoms with van der Waals surface area (Å²) in [4.78, 5) is 13.3. The molecule has 0 fully saturated rings. The van der Waals surface area contributed by atoms with Gasteiger partial charge in [0, 0.05) is 18.2 Å². The number of ether oxygens (including phenoxy) is 2. The summed E-state index contributed by atoms with van der Waals surface area (Å²) in [5.74, 6) is 2.18. The molecule has 0 saturated heterocycles. The Balaban J connectivity index is 1.65. The third-order valence-electron chi connectivity index (χ3n) is 5.05. The molecule has 1 aliphatic rings. The van der Waals surface area contributed by atoms with Gasteiger partial charge < -0.3 is 20.2 Å². The zero-order chi connectivity index (χ0) is 21.8. The maximum absolute atomic E-state index is 13.3. The predicted octanol–water partition coefficient (Wildman–Crippen LogP) is 3.65. The predicted molar refractivity (Wildman–Crippen MR) is 120 cm³/mol. The standard InChI is InChI=1S/C22H25N5O3S/c1-4-6-18-24-25-22-27(18)26-19(14-9-11-16(29-2)12-10-14)20(31-22)21(28)23-15-7-5-8-17(13-15)30-3/h5,7-13,19-20,26H,4,6H2,1-3H3,(H,23,28)/t19-,20-/m0/s1. The monoisotopic (exact) mass is 439 g/mol. The highest BCUT2D eigenvalue weighted by atomic mass is 32.2. The van der Waals surface area contributed by atoms with Crippen LogP contribution >= 0.6 is 11.8 Å². The van der Waals surface area contributed by atoms with Gasteiger partial charge in [0.05, 0.1) is 20.3 Å². The lowest BCUT2D eigenvalue weighted by molar-refractivity contribution is -0.116. The van der Waals surface area contributed by atoms with Gasteiger partial charge in [-0.1, -0.05) is 36.9 Å². The summed E-state index contributed by atoms with van der Waals surface area (Å²) in [7, 11) is 3.23. The molecule has 0 spiro atoms. The molecular weight excluding hydrogens is 414 g/mol. The molecule has 162 valence electrons. The van der Waals surface area contributed by atoms with E-state index in [9.17, 15) is 4.79 Å². The van der Waals surface area contributed by atoms with E-state index in [0.29, 0.717) is 16.6 Å². The van der Waals surface area contributed by atoms with Crippen molar-refractivity contribution in [2.75, 3.05) is 25.0 Å². The number of methoxy groups -OCH3 is 2. The summed E-state index contributed by atoms with van der Waals surface area (Å²) < 4.78 is 12.4. The van der Waals surface area contributed by atoms with Crippen LogP contribution in [0.4, 0.5) is 5.69 Å². The molecule has 2 aromatic carbocycles. The van der Waals surface area contributed by atoms with Crippen LogP contribution in [-0.2, 0) is 11.2 Å². The Labute approximate surface area is 185 Å². The number of thioether (sulfide) groups is 1. The fraction of sp³-hybridized carbons (Fsp3) is 0.318. The van der Waals surface area contributed by atoms with E-state index >= 15 is 0 Å². The number of amides is 1. The number of nitrogens with zero attached hydrogens (tertiary/aromatic N) is 3. The molecule has 2 N–H and O–H groups in total. The van der Waals surface area contributed by atoms with Crippen LogP contribution in [0.25, 0.3) is 0 Å². The quantitative estimate of drug-likeness (QED) is 0.581. The average Bonchev–Trinajstić information content (AvgIpc) is 3.20. The molecule has 0 aliphatic carbocycles. The Morgan fingerprint density at radius 3 is 2.61 bits per heavy atom. The van der Waals surface area contributed by atoms with Crippen LogP contribution in [0.15, 0.2) is 53.7 Å². The number of hydrogen-bond donors (Lipinski definition) is 2. The van der Waals surface area contributed by atoms with Crippen molar-refractivity contribution in [3.05, 3.63) is 59.9 Å². The number of nitrogens with one attached hydrogen (secondary N) is 2. The van der Waals surface area contributed by atoms with Crippen molar-refractivity contribution in [1.29, 1.82) is 0 Å². The molecule has 9 heteroatoms. The summed E-state index contributed by atoms with van der Waals surface area (Å²) in [5, 5.41) is 11.8. The smallest absolute Gasteiger partial charge is 0.240 e. The van der Waals surface area contributed by atoms with Gasteiger partial charge in [-0.15, -0.1) is 10.2 Å². The van der Waals surface area contributed by atoms with Crippen molar-refractivity contribution >= 4 is 23.4 Å². The summed E-state index contributed by atoms with van der Waals surface area (Å²) in [6.07, 6.45) is 1.76. The van der Waals surface area contributed by atoms with Crippen molar-refractivity contribution < 1.29 is 14.3 Å². The van der Waals surface area contributed by atoms with E-state index in [1.54, 1.807) is 20.3 Å². The second kappa shape index (κ2) is 9.30. The molecular formula is C22H25N5O3S. The van der Waals surface area contributed by atoms with Gasteiger partial charge in [0.15, 0.2) is 5.82 Å². The van der Waals surface area contributed by atoms with Crippen LogP contribution in [0.5, 0.6) is 11.5 Å². The van der Waals surface area contributed by atoms with E-state index in [1.807, 2.05) is 47.1 Å². The molecule has 3 aromatic rings. The first-order valence-corrected chi connectivity index (χ1v) is 11.0. The molecule has 2 heterocycles. The lowest BCUT2D eigenvalue weighted by Crippen LogP contribution is -2.41. The van der Waals surface area contributed by atoms with Crippen molar-refractivity contribution in [2.45, 2.75) is 36.2 Å². The topological polar surface area (TPSA) is 90.3 Å². The van der Waals surface area contributed by atoms with E-state index in [1.165, 1.54) is 11.8 Å². The minimum atomic E-state index is -0.453. The molecule has 0 bridgehead atoms. The lowest BCUT2D eigenvalue weighted by atomic mass is 10.0. The Bertz CT molecular complexity index is 1050. The number of benzene rings is 2. The first kappa shape index (κ1) is 21.0. The van der Waals surface area contributed by atoms with Gasteiger partial charge in [-0.3, -0.25) is 4.79 Å². The first-order chi connectivity index (χ1) is 15.1. The van der Waals surface area contributed by atoms with E-state index in [4.69, 9.17) is 9.47 Å². The van der Waals surface area contributed by atoms with Gasteiger partial charge in [-0.2, -0.15) is 0 Å². The molecule has 0 unspecified atom stereocenters. The van der Waals surface area contributed by atoms with E-state index in [2.05, 4.69) is 27.9 Å². The van der Waals surface area contributed by atoms with Crippen molar-refractivity contribution in [3.8, 4) is 11.5 Å². The molecule has 31 heavy (non-hydrogen) atoms. The highest BCUT2D eigenvalue weighted by Crippen LogP contribution is 2.38. The highest BCUT2D eigenvalue weighted by Gasteiger charge is 2.37. The Kier molecular flexibility index (Phi) is 6.31. The number of anilines is 1. The first-order valence-electron chi connectivity index (χ1n) is 10.1. The van der Waals surface area contributed by atoms with Gasteiger partial charge in [0.25, 0.3) is 0 Å². The summed E-state index contributed by atoms with van der Waals surface area (Å²) in [5.41, 5.74) is 5.12. The van der Waals surface area contributed by atoms with E-state index < -0.39 is 5.25 Å². The number of rotatable bonds is 7. The number of fused-ring (bicyclic) bond motifs is 1. The second-order valence-electron chi connectivity index (χ2n) is 7.12. The van der Waals surface area contributed by atoms with Crippen molar-refractivity contribution in [3.63, 3.8) is 0 Å². The summed E-state index contributed by atoms with van der Waals surface area (Å²) in [6, 6.07) is 14.8. The highest BCUT2D eigenvalue weighted by molar-refractivity contribution is 8.00.